The number of aromatic nitrogens is 2. The highest BCUT2D eigenvalue weighted by molar-refractivity contribution is 7.89. The minimum atomic E-state index is -3.56. The Hall–Kier alpha value is -2.38. The van der Waals surface area contributed by atoms with Crippen molar-refractivity contribution in [2.45, 2.75) is 30.6 Å². The predicted octanol–water partition coefficient (Wildman–Crippen LogP) is 2.91. The van der Waals surface area contributed by atoms with E-state index >= 15 is 0 Å². The summed E-state index contributed by atoms with van der Waals surface area (Å²) in [5.74, 6) is 0.555. The third-order valence-electron chi connectivity index (χ3n) is 6.14. The van der Waals surface area contributed by atoms with Crippen LogP contribution >= 0.6 is 0 Å². The Kier molecular flexibility index (Phi) is 5.36. The number of imidazole rings is 1. The third-order valence-corrected chi connectivity index (χ3v) is 8.03. The molecule has 7 heteroatoms. The van der Waals surface area contributed by atoms with Crippen LogP contribution in [-0.4, -0.2) is 34.9 Å². The average Bonchev–Trinajstić information content (AvgIpc) is 2.97. The Morgan fingerprint density at radius 1 is 0.931 bits per heavy atom. The lowest BCUT2D eigenvalue weighted by Gasteiger charge is -2.31. The lowest BCUT2D eigenvalue weighted by atomic mass is 9.91. The van der Waals surface area contributed by atoms with Crippen molar-refractivity contribution in [3.8, 4) is 0 Å². The smallest absolute Gasteiger partial charge is 0.295 e. The number of aryl methyl sites for hydroxylation is 3. The van der Waals surface area contributed by atoms with Gasteiger partial charge in [-0.1, -0.05) is 30.3 Å². The summed E-state index contributed by atoms with van der Waals surface area (Å²) in [6, 6.07) is 15.4. The summed E-state index contributed by atoms with van der Waals surface area (Å²) < 4.78 is 30.9. The molecule has 154 valence electrons. The van der Waals surface area contributed by atoms with E-state index in [-0.39, 0.29) is 10.6 Å². The van der Waals surface area contributed by atoms with Crippen LogP contribution in [0.2, 0.25) is 0 Å². The van der Waals surface area contributed by atoms with Gasteiger partial charge >= 0.3 is 5.69 Å². The first-order valence-electron chi connectivity index (χ1n) is 10.1. The minimum Gasteiger partial charge on any atom is -0.295 e. The fraction of sp³-hybridized carbons (Fsp3) is 0.409. The van der Waals surface area contributed by atoms with Gasteiger partial charge in [-0.2, -0.15) is 4.31 Å². The number of piperidine rings is 1. The normalized spacial score (nSPS) is 16.5. The van der Waals surface area contributed by atoms with Crippen LogP contribution in [0.4, 0.5) is 0 Å². The molecule has 1 saturated heterocycles. The van der Waals surface area contributed by atoms with Crippen LogP contribution in [0.5, 0.6) is 0 Å². The molecule has 1 aliphatic rings. The molecule has 3 aromatic rings. The van der Waals surface area contributed by atoms with Gasteiger partial charge in [0.1, 0.15) is 0 Å². The molecule has 0 spiro atoms. The zero-order valence-corrected chi connectivity index (χ0v) is 17.7. The molecule has 4 rings (SSSR count). The molecule has 1 aliphatic heterocycles. The van der Waals surface area contributed by atoms with Gasteiger partial charge in [-0.25, -0.2) is 13.2 Å². The van der Waals surface area contributed by atoms with Crippen molar-refractivity contribution < 1.29 is 8.42 Å². The summed E-state index contributed by atoms with van der Waals surface area (Å²) in [7, 11) is -0.196. The maximum Gasteiger partial charge on any atom is 0.328 e. The van der Waals surface area contributed by atoms with Crippen molar-refractivity contribution in [1.82, 2.24) is 13.4 Å². The first-order valence-corrected chi connectivity index (χ1v) is 11.5. The Bertz CT molecular complexity index is 1170. The highest BCUT2D eigenvalue weighted by Crippen LogP contribution is 2.28. The number of nitrogens with zero attached hydrogens (tertiary/aromatic N) is 3. The van der Waals surface area contributed by atoms with Crippen molar-refractivity contribution >= 4 is 21.1 Å². The number of hydrogen-bond donors (Lipinski definition) is 0. The van der Waals surface area contributed by atoms with Gasteiger partial charge in [0.2, 0.25) is 10.0 Å². The van der Waals surface area contributed by atoms with Gasteiger partial charge in [0.15, 0.2) is 0 Å². The molecular formula is C22H27N3O3S. The molecular weight excluding hydrogens is 386 g/mol. The highest BCUT2D eigenvalue weighted by atomic mass is 32.2. The quantitative estimate of drug-likeness (QED) is 0.646. The molecule has 29 heavy (non-hydrogen) atoms. The highest BCUT2D eigenvalue weighted by Gasteiger charge is 2.29. The number of rotatable bonds is 5. The van der Waals surface area contributed by atoms with Gasteiger partial charge in [-0.15, -0.1) is 0 Å². The molecule has 0 amide bonds. The van der Waals surface area contributed by atoms with Crippen LogP contribution in [0.25, 0.3) is 11.0 Å². The third kappa shape index (κ3) is 3.76. The van der Waals surface area contributed by atoms with Crippen molar-refractivity contribution in [2.75, 3.05) is 13.1 Å². The Balaban J connectivity index is 1.45. The van der Waals surface area contributed by atoms with E-state index in [0.717, 1.165) is 31.2 Å². The van der Waals surface area contributed by atoms with Crippen LogP contribution in [0.15, 0.2) is 58.2 Å². The van der Waals surface area contributed by atoms with E-state index in [2.05, 4.69) is 24.3 Å². The van der Waals surface area contributed by atoms with E-state index in [0.29, 0.717) is 24.5 Å². The van der Waals surface area contributed by atoms with Crippen LogP contribution in [0.1, 0.15) is 24.8 Å². The number of fused-ring (bicyclic) bond motifs is 1. The van der Waals surface area contributed by atoms with Crippen LogP contribution < -0.4 is 5.69 Å². The maximum absolute atomic E-state index is 13.2. The number of benzene rings is 2. The Morgan fingerprint density at radius 2 is 1.59 bits per heavy atom. The first kappa shape index (κ1) is 19.9. The Morgan fingerprint density at radius 3 is 2.28 bits per heavy atom. The number of hydrogen-bond acceptors (Lipinski definition) is 3. The van der Waals surface area contributed by atoms with Crippen molar-refractivity contribution in [3.05, 3.63) is 64.6 Å². The largest absolute Gasteiger partial charge is 0.328 e. The molecule has 0 unspecified atom stereocenters. The molecule has 0 saturated carbocycles. The summed E-state index contributed by atoms with van der Waals surface area (Å²) in [5, 5.41) is 0. The lowest BCUT2D eigenvalue weighted by molar-refractivity contribution is 0.263. The summed E-state index contributed by atoms with van der Waals surface area (Å²) in [5.41, 5.74) is 2.55. The van der Waals surface area contributed by atoms with Crippen molar-refractivity contribution in [3.63, 3.8) is 0 Å². The molecule has 0 atom stereocenters. The Labute approximate surface area is 171 Å². The number of sulfonamides is 1. The van der Waals surface area contributed by atoms with Crippen LogP contribution in [0, 0.1) is 5.92 Å². The van der Waals surface area contributed by atoms with Gasteiger partial charge in [-0.05, 0) is 55.4 Å². The molecule has 2 aromatic carbocycles. The van der Waals surface area contributed by atoms with Crippen molar-refractivity contribution in [1.29, 1.82) is 0 Å². The van der Waals surface area contributed by atoms with Gasteiger partial charge < -0.3 is 0 Å². The minimum absolute atomic E-state index is 0.159. The molecule has 1 fully saturated rings. The second kappa shape index (κ2) is 7.80. The molecule has 0 aliphatic carbocycles. The van der Waals surface area contributed by atoms with Crippen LogP contribution in [-0.2, 0) is 30.5 Å². The predicted molar refractivity (Wildman–Crippen MR) is 114 cm³/mol. The summed E-state index contributed by atoms with van der Waals surface area (Å²) in [6.45, 7) is 1.10. The second-order valence-corrected chi connectivity index (χ2v) is 9.86. The average molecular weight is 414 g/mol. The van der Waals surface area contributed by atoms with E-state index in [4.69, 9.17) is 0 Å². The van der Waals surface area contributed by atoms with Crippen LogP contribution in [0.3, 0.4) is 0 Å². The zero-order valence-electron chi connectivity index (χ0n) is 16.9. The van der Waals surface area contributed by atoms with Gasteiger partial charge in [-0.3, -0.25) is 9.13 Å². The molecule has 0 radical (unpaired) electrons. The SMILES string of the molecule is Cn1c(=O)n(C)c2cc(S(=O)(=O)N3CCC(CCc4ccccc4)CC3)ccc21. The molecule has 0 bridgehead atoms. The van der Waals surface area contributed by atoms with E-state index in [9.17, 15) is 13.2 Å². The van der Waals surface area contributed by atoms with E-state index in [1.54, 1.807) is 36.6 Å². The summed E-state index contributed by atoms with van der Waals surface area (Å²) in [6.07, 6.45) is 3.91. The maximum atomic E-state index is 13.2. The van der Waals surface area contributed by atoms with E-state index in [1.807, 2.05) is 6.07 Å². The summed E-state index contributed by atoms with van der Waals surface area (Å²) in [4.78, 5) is 12.4. The standard InChI is InChI=1S/C22H27N3O3S/c1-23-20-11-10-19(16-21(20)24(2)22(23)26)29(27,28)25-14-12-18(13-15-25)9-8-17-6-4-3-5-7-17/h3-7,10-11,16,18H,8-9,12-15H2,1-2H3. The topological polar surface area (TPSA) is 64.3 Å². The fourth-order valence-electron chi connectivity index (χ4n) is 4.25. The first-order chi connectivity index (χ1) is 13.9. The molecule has 2 heterocycles. The van der Waals surface area contributed by atoms with E-state index < -0.39 is 10.0 Å². The molecule has 0 N–H and O–H groups in total. The molecule has 6 nitrogen and oxygen atoms in total. The van der Waals surface area contributed by atoms with Gasteiger partial charge in [0.05, 0.1) is 15.9 Å². The van der Waals surface area contributed by atoms with Gasteiger partial charge in [0, 0.05) is 27.2 Å². The van der Waals surface area contributed by atoms with Gasteiger partial charge in [0.25, 0.3) is 0 Å². The fourth-order valence-corrected chi connectivity index (χ4v) is 5.74. The van der Waals surface area contributed by atoms with Crippen molar-refractivity contribution in [2.24, 2.45) is 20.0 Å². The lowest BCUT2D eigenvalue weighted by Crippen LogP contribution is -2.38. The second-order valence-electron chi connectivity index (χ2n) is 7.92. The zero-order chi connectivity index (χ0) is 20.6. The summed E-state index contributed by atoms with van der Waals surface area (Å²) >= 11 is 0. The monoisotopic (exact) mass is 413 g/mol. The van der Waals surface area contributed by atoms with E-state index in [1.165, 1.54) is 14.7 Å². The molecule has 1 aromatic heterocycles.